The molecule has 7 nitrogen and oxygen atoms in total. The van der Waals surface area contributed by atoms with Crippen molar-refractivity contribution >= 4 is 26.7 Å². The summed E-state index contributed by atoms with van der Waals surface area (Å²) in [6, 6.07) is 7.90. The topological polar surface area (TPSA) is 81.2 Å². The number of nitrogens with zero attached hydrogens (tertiary/aromatic N) is 3. The zero-order chi connectivity index (χ0) is 16.2. The van der Waals surface area contributed by atoms with Gasteiger partial charge < -0.3 is 5.32 Å². The predicted molar refractivity (Wildman–Crippen MR) is 91.8 cm³/mol. The van der Waals surface area contributed by atoms with Gasteiger partial charge in [-0.15, -0.1) is 0 Å². The van der Waals surface area contributed by atoms with Crippen molar-refractivity contribution in [1.29, 1.82) is 0 Å². The summed E-state index contributed by atoms with van der Waals surface area (Å²) >= 11 is 1.49. The molecule has 0 unspecified atom stereocenters. The monoisotopic (exact) mass is 343 g/mol. The van der Waals surface area contributed by atoms with E-state index in [0.29, 0.717) is 16.9 Å². The number of thiazole rings is 1. The van der Waals surface area contributed by atoms with Crippen molar-refractivity contribution in [2.75, 3.05) is 18.6 Å². The molecule has 1 fully saturated rings. The molecule has 3 heterocycles. The lowest BCUT2D eigenvalue weighted by atomic mass is 9.94. The number of nitrogens with one attached hydrogen (secondary N) is 2. The van der Waals surface area contributed by atoms with E-state index in [0.717, 1.165) is 41.8 Å². The molecule has 4 rings (SSSR count). The highest BCUT2D eigenvalue weighted by Gasteiger charge is 2.22. The number of benzene rings is 1. The predicted octanol–water partition coefficient (Wildman–Crippen LogP) is 2.89. The number of fused-ring (bicyclic) bond motifs is 1. The molecule has 1 aliphatic rings. The van der Waals surface area contributed by atoms with Crippen LogP contribution in [0.4, 0.5) is 5.13 Å². The third-order valence-corrected chi connectivity index (χ3v) is 4.89. The van der Waals surface area contributed by atoms with E-state index in [1.165, 1.54) is 11.3 Å². The second-order valence-corrected chi connectivity index (χ2v) is 6.56. The standard InChI is InChI=1S/C16H17N5O2S/c1-2-4-13-12(3-1)20-16(24-13)21-23-22-15-14(18-9-10-19-15)11-5-7-17-8-6-11/h1-4,9-11,17H,5-8H2,(H,20,21). The molecule has 124 valence electrons. The zero-order valence-corrected chi connectivity index (χ0v) is 13.8. The lowest BCUT2D eigenvalue weighted by Gasteiger charge is -2.22. The fourth-order valence-corrected chi connectivity index (χ4v) is 3.58. The number of aromatic nitrogens is 3. The van der Waals surface area contributed by atoms with Gasteiger partial charge in [-0.2, -0.15) is 5.48 Å². The van der Waals surface area contributed by atoms with Crippen LogP contribution in [0.25, 0.3) is 10.2 Å². The van der Waals surface area contributed by atoms with Gasteiger partial charge >= 0.3 is 0 Å². The maximum absolute atomic E-state index is 5.35. The van der Waals surface area contributed by atoms with Crippen molar-refractivity contribution < 1.29 is 9.88 Å². The van der Waals surface area contributed by atoms with Crippen LogP contribution < -0.4 is 15.7 Å². The number of hydrogen-bond donors (Lipinski definition) is 2. The Bertz CT molecular complexity index is 786. The highest BCUT2D eigenvalue weighted by Crippen LogP contribution is 2.29. The third-order valence-electron chi connectivity index (χ3n) is 3.96. The van der Waals surface area contributed by atoms with Crippen LogP contribution >= 0.6 is 11.3 Å². The van der Waals surface area contributed by atoms with Crippen LogP contribution in [0.1, 0.15) is 24.5 Å². The molecule has 0 aliphatic carbocycles. The first-order valence-corrected chi connectivity index (χ1v) is 8.68. The largest absolute Gasteiger partial charge is 0.317 e. The summed E-state index contributed by atoms with van der Waals surface area (Å²) in [6.07, 6.45) is 5.31. The number of rotatable bonds is 5. The van der Waals surface area contributed by atoms with Crippen molar-refractivity contribution in [2.24, 2.45) is 0 Å². The Hall–Kier alpha value is -2.29. The smallest absolute Gasteiger partial charge is 0.280 e. The molecule has 2 aromatic heterocycles. The quantitative estimate of drug-likeness (QED) is 0.544. The van der Waals surface area contributed by atoms with Crippen LogP contribution in [0.3, 0.4) is 0 Å². The van der Waals surface area contributed by atoms with Gasteiger partial charge in [-0.05, 0) is 38.1 Å². The molecule has 3 aromatic rings. The minimum Gasteiger partial charge on any atom is -0.317 e. The summed E-state index contributed by atoms with van der Waals surface area (Å²) in [7, 11) is 0. The highest BCUT2D eigenvalue weighted by molar-refractivity contribution is 7.22. The fraction of sp³-hybridized carbons (Fsp3) is 0.312. The minimum absolute atomic E-state index is 0.334. The average molecular weight is 343 g/mol. The second-order valence-electron chi connectivity index (χ2n) is 5.53. The number of hydrogen-bond acceptors (Lipinski definition) is 8. The Morgan fingerprint density at radius 1 is 1.12 bits per heavy atom. The van der Waals surface area contributed by atoms with Crippen molar-refractivity contribution in [3.63, 3.8) is 0 Å². The van der Waals surface area contributed by atoms with Crippen molar-refractivity contribution in [2.45, 2.75) is 18.8 Å². The molecule has 1 aliphatic heterocycles. The van der Waals surface area contributed by atoms with Crippen LogP contribution in [-0.4, -0.2) is 28.0 Å². The van der Waals surface area contributed by atoms with E-state index in [1.54, 1.807) is 12.4 Å². The molecule has 0 radical (unpaired) electrons. The van der Waals surface area contributed by atoms with Gasteiger partial charge in [0, 0.05) is 18.3 Å². The minimum atomic E-state index is 0.334. The molecular weight excluding hydrogens is 326 g/mol. The lowest BCUT2D eigenvalue weighted by molar-refractivity contribution is -0.183. The number of piperidine rings is 1. The Kier molecular flexibility index (Phi) is 4.50. The summed E-state index contributed by atoms with van der Waals surface area (Å²) in [5, 5.41) is 3.97. The van der Waals surface area contributed by atoms with Crippen molar-refractivity contribution in [3.8, 4) is 5.88 Å². The number of anilines is 1. The zero-order valence-electron chi connectivity index (χ0n) is 12.9. The molecule has 2 N–H and O–H groups in total. The molecule has 0 saturated carbocycles. The van der Waals surface area contributed by atoms with E-state index in [4.69, 9.17) is 9.88 Å². The molecule has 0 amide bonds. The normalized spacial score (nSPS) is 15.5. The van der Waals surface area contributed by atoms with E-state index in [-0.39, 0.29) is 0 Å². The maximum atomic E-state index is 5.35. The van der Waals surface area contributed by atoms with E-state index >= 15 is 0 Å². The van der Waals surface area contributed by atoms with Gasteiger partial charge in [-0.1, -0.05) is 28.5 Å². The van der Waals surface area contributed by atoms with Gasteiger partial charge in [0.15, 0.2) is 0 Å². The summed E-state index contributed by atoms with van der Waals surface area (Å²) < 4.78 is 1.08. The van der Waals surface area contributed by atoms with E-state index < -0.39 is 0 Å². The van der Waals surface area contributed by atoms with Crippen LogP contribution in [0.5, 0.6) is 5.88 Å². The molecule has 8 heteroatoms. The Labute approximate surface area is 142 Å². The summed E-state index contributed by atoms with van der Waals surface area (Å²) in [4.78, 5) is 23.6. The van der Waals surface area contributed by atoms with Gasteiger partial charge in [0.25, 0.3) is 5.88 Å². The van der Waals surface area contributed by atoms with Crippen molar-refractivity contribution in [1.82, 2.24) is 20.3 Å². The van der Waals surface area contributed by atoms with Gasteiger partial charge in [0.05, 0.1) is 10.2 Å². The fourth-order valence-electron chi connectivity index (χ4n) is 2.79. The van der Waals surface area contributed by atoms with E-state index in [2.05, 4.69) is 25.7 Å². The Balaban J connectivity index is 1.42. The molecule has 24 heavy (non-hydrogen) atoms. The van der Waals surface area contributed by atoms with Crippen LogP contribution in [0.15, 0.2) is 36.7 Å². The van der Waals surface area contributed by atoms with Gasteiger partial charge in [0.2, 0.25) is 5.13 Å². The first-order chi connectivity index (χ1) is 11.9. The Morgan fingerprint density at radius 3 is 2.83 bits per heavy atom. The molecule has 0 spiro atoms. The summed E-state index contributed by atoms with van der Waals surface area (Å²) in [6.45, 7) is 1.96. The average Bonchev–Trinajstić information content (AvgIpc) is 3.06. The molecule has 1 saturated heterocycles. The summed E-state index contributed by atoms with van der Waals surface area (Å²) in [5.74, 6) is 0.735. The lowest BCUT2D eigenvalue weighted by Crippen LogP contribution is -2.27. The molecule has 0 bridgehead atoms. The highest BCUT2D eigenvalue weighted by atomic mass is 32.1. The Morgan fingerprint density at radius 2 is 1.96 bits per heavy atom. The van der Waals surface area contributed by atoms with Crippen LogP contribution in [0, 0.1) is 0 Å². The van der Waals surface area contributed by atoms with E-state index in [1.807, 2.05) is 24.3 Å². The SMILES string of the molecule is c1ccc2sc(NOOc3nccnc3C3CCNCC3)nc2c1. The van der Waals surface area contributed by atoms with Gasteiger partial charge in [-0.25, -0.2) is 9.97 Å². The molecular formula is C16H17N5O2S. The van der Waals surface area contributed by atoms with Crippen molar-refractivity contribution in [3.05, 3.63) is 42.4 Å². The van der Waals surface area contributed by atoms with E-state index in [9.17, 15) is 0 Å². The summed E-state index contributed by atoms with van der Waals surface area (Å²) in [5.41, 5.74) is 4.48. The first-order valence-electron chi connectivity index (χ1n) is 7.87. The van der Waals surface area contributed by atoms with Gasteiger partial charge in [-0.3, -0.25) is 9.87 Å². The first kappa shape index (κ1) is 15.3. The van der Waals surface area contributed by atoms with Gasteiger partial charge in [0.1, 0.15) is 5.69 Å². The third kappa shape index (κ3) is 3.30. The maximum Gasteiger partial charge on any atom is 0.280 e. The van der Waals surface area contributed by atoms with Crippen LogP contribution in [-0.2, 0) is 4.99 Å². The molecule has 0 atom stereocenters. The van der Waals surface area contributed by atoms with Crippen LogP contribution in [0.2, 0.25) is 0 Å². The number of para-hydroxylation sites is 1. The second kappa shape index (κ2) is 7.08. The molecule has 1 aromatic carbocycles.